The van der Waals surface area contributed by atoms with Gasteiger partial charge in [-0.25, -0.2) is 0 Å². The van der Waals surface area contributed by atoms with Gasteiger partial charge in [0, 0.05) is 21.6 Å². The van der Waals surface area contributed by atoms with E-state index in [1.54, 1.807) is 26.0 Å². The molecule has 1 aromatic carbocycles. The van der Waals surface area contributed by atoms with Gasteiger partial charge in [-0.3, -0.25) is 9.59 Å². The first kappa shape index (κ1) is 16.4. The second kappa shape index (κ2) is 6.83. The maximum absolute atomic E-state index is 12.2. The Bertz CT molecular complexity index is 689. The van der Waals surface area contributed by atoms with Crippen LogP contribution in [-0.4, -0.2) is 30.1 Å². The van der Waals surface area contributed by atoms with Crippen molar-refractivity contribution < 1.29 is 19.1 Å². The van der Waals surface area contributed by atoms with Gasteiger partial charge in [0.15, 0.2) is 5.92 Å². The van der Waals surface area contributed by atoms with Crippen LogP contribution in [-0.2, 0) is 19.1 Å². The number of aromatic amines is 1. The van der Waals surface area contributed by atoms with Gasteiger partial charge >= 0.3 is 11.9 Å². The number of carbonyl (C=O) groups is 2. The highest BCUT2D eigenvalue weighted by atomic mass is 35.5. The van der Waals surface area contributed by atoms with Crippen molar-refractivity contribution in [1.29, 1.82) is 0 Å². The molecular weight excluding hydrogens is 306 g/mol. The van der Waals surface area contributed by atoms with Crippen LogP contribution in [0.1, 0.15) is 31.0 Å². The van der Waals surface area contributed by atoms with Crippen LogP contribution in [0.25, 0.3) is 10.9 Å². The Kier molecular flexibility index (Phi) is 5.08. The van der Waals surface area contributed by atoms with Crippen LogP contribution in [0.2, 0.25) is 5.02 Å². The van der Waals surface area contributed by atoms with Crippen molar-refractivity contribution in [1.82, 2.24) is 4.98 Å². The summed E-state index contributed by atoms with van der Waals surface area (Å²) < 4.78 is 10.0. The highest BCUT2D eigenvalue weighted by Gasteiger charge is 2.34. The Hall–Kier alpha value is -2.01. The van der Waals surface area contributed by atoms with Crippen molar-refractivity contribution in [3.05, 3.63) is 34.5 Å². The number of hydrogen-bond acceptors (Lipinski definition) is 4. The zero-order chi connectivity index (χ0) is 16.3. The largest absolute Gasteiger partial charge is 0.465 e. The number of aromatic nitrogens is 1. The van der Waals surface area contributed by atoms with Crippen LogP contribution in [0.15, 0.2) is 18.2 Å². The van der Waals surface area contributed by atoms with Gasteiger partial charge < -0.3 is 14.5 Å². The van der Waals surface area contributed by atoms with Crippen molar-refractivity contribution in [3.8, 4) is 0 Å². The molecule has 1 aromatic heterocycles. The summed E-state index contributed by atoms with van der Waals surface area (Å²) in [5.41, 5.74) is 2.06. The molecule has 0 amide bonds. The summed E-state index contributed by atoms with van der Waals surface area (Å²) >= 11 is 6.01. The molecular formula is C16H18ClNO4. The second-order valence-corrected chi connectivity index (χ2v) is 5.23. The van der Waals surface area contributed by atoms with E-state index < -0.39 is 17.9 Å². The van der Waals surface area contributed by atoms with Crippen molar-refractivity contribution in [2.24, 2.45) is 0 Å². The van der Waals surface area contributed by atoms with Crippen LogP contribution < -0.4 is 0 Å². The molecule has 0 atom stereocenters. The predicted molar refractivity (Wildman–Crippen MR) is 84.1 cm³/mol. The molecule has 118 valence electrons. The third-order valence-electron chi connectivity index (χ3n) is 3.39. The van der Waals surface area contributed by atoms with Crippen molar-refractivity contribution in [2.75, 3.05) is 13.2 Å². The fourth-order valence-electron chi connectivity index (χ4n) is 2.39. The maximum atomic E-state index is 12.2. The number of carbonyl (C=O) groups excluding carboxylic acids is 2. The molecule has 0 aliphatic carbocycles. The topological polar surface area (TPSA) is 68.4 Å². The number of rotatable bonds is 5. The number of hydrogen-bond donors (Lipinski definition) is 1. The molecule has 0 unspecified atom stereocenters. The van der Waals surface area contributed by atoms with Crippen LogP contribution in [0, 0.1) is 6.92 Å². The number of aryl methyl sites for hydroxylation is 1. The molecule has 0 aliphatic rings. The van der Waals surface area contributed by atoms with E-state index in [0.29, 0.717) is 10.7 Å². The Morgan fingerprint density at radius 1 is 1.18 bits per heavy atom. The number of H-pyrrole nitrogens is 1. The van der Waals surface area contributed by atoms with Crippen LogP contribution in [0.5, 0.6) is 0 Å². The summed E-state index contributed by atoms with van der Waals surface area (Å²) in [6, 6.07) is 5.34. The number of nitrogens with one attached hydrogen (secondary N) is 1. The van der Waals surface area contributed by atoms with Gasteiger partial charge in [0.1, 0.15) is 0 Å². The summed E-state index contributed by atoms with van der Waals surface area (Å²) in [4.78, 5) is 27.5. The Labute approximate surface area is 133 Å². The lowest BCUT2D eigenvalue weighted by atomic mass is 10.0. The van der Waals surface area contributed by atoms with Gasteiger partial charge in [0.25, 0.3) is 0 Å². The third-order valence-corrected chi connectivity index (χ3v) is 3.63. The van der Waals surface area contributed by atoms with Gasteiger partial charge in [0.05, 0.1) is 13.2 Å². The van der Waals surface area contributed by atoms with E-state index in [0.717, 1.165) is 16.5 Å². The Morgan fingerprint density at radius 3 is 2.32 bits per heavy atom. The molecule has 22 heavy (non-hydrogen) atoms. The molecule has 6 heteroatoms. The summed E-state index contributed by atoms with van der Waals surface area (Å²) in [6.07, 6.45) is 0. The maximum Gasteiger partial charge on any atom is 0.326 e. The first-order valence-corrected chi connectivity index (χ1v) is 7.48. The van der Waals surface area contributed by atoms with Gasteiger partial charge in [0.2, 0.25) is 0 Å². The predicted octanol–water partition coefficient (Wildman–Crippen LogP) is 3.34. The first-order valence-electron chi connectivity index (χ1n) is 7.10. The molecule has 0 fully saturated rings. The summed E-state index contributed by atoms with van der Waals surface area (Å²) in [5, 5.41) is 1.45. The van der Waals surface area contributed by atoms with E-state index in [1.165, 1.54) is 0 Å². The van der Waals surface area contributed by atoms with Gasteiger partial charge in [-0.05, 0) is 44.5 Å². The average molecular weight is 324 g/mol. The second-order valence-electron chi connectivity index (χ2n) is 4.79. The van der Waals surface area contributed by atoms with Gasteiger partial charge in [-0.2, -0.15) is 0 Å². The highest BCUT2D eigenvalue weighted by molar-refractivity contribution is 6.31. The van der Waals surface area contributed by atoms with Crippen molar-refractivity contribution >= 4 is 34.4 Å². The third kappa shape index (κ3) is 3.09. The molecule has 0 radical (unpaired) electrons. The lowest BCUT2D eigenvalue weighted by Gasteiger charge is -2.14. The lowest BCUT2D eigenvalue weighted by Crippen LogP contribution is -2.27. The van der Waals surface area contributed by atoms with E-state index >= 15 is 0 Å². The molecule has 1 N–H and O–H groups in total. The molecule has 5 nitrogen and oxygen atoms in total. The van der Waals surface area contributed by atoms with E-state index in [9.17, 15) is 9.59 Å². The molecule has 0 aliphatic heterocycles. The fourth-order valence-corrected chi connectivity index (χ4v) is 2.56. The Morgan fingerprint density at radius 2 is 1.77 bits per heavy atom. The molecule has 2 aromatic rings. The number of benzene rings is 1. The van der Waals surface area contributed by atoms with E-state index in [2.05, 4.69) is 4.98 Å². The monoisotopic (exact) mass is 323 g/mol. The summed E-state index contributed by atoms with van der Waals surface area (Å²) in [6.45, 7) is 5.60. The summed E-state index contributed by atoms with van der Waals surface area (Å²) in [7, 11) is 0. The van der Waals surface area contributed by atoms with E-state index in [1.807, 2.05) is 13.0 Å². The number of halogens is 1. The fraction of sp³-hybridized carbons (Fsp3) is 0.375. The average Bonchev–Trinajstić information content (AvgIpc) is 2.77. The van der Waals surface area contributed by atoms with Gasteiger partial charge in [-0.1, -0.05) is 11.6 Å². The number of fused-ring (bicyclic) bond motifs is 1. The van der Waals surface area contributed by atoms with Gasteiger partial charge in [-0.15, -0.1) is 0 Å². The van der Waals surface area contributed by atoms with E-state index in [4.69, 9.17) is 21.1 Å². The number of ether oxygens (including phenoxy) is 2. The molecule has 0 spiro atoms. The van der Waals surface area contributed by atoms with Crippen molar-refractivity contribution in [3.63, 3.8) is 0 Å². The highest BCUT2D eigenvalue weighted by Crippen LogP contribution is 2.30. The minimum absolute atomic E-state index is 0.194. The smallest absolute Gasteiger partial charge is 0.326 e. The van der Waals surface area contributed by atoms with Crippen molar-refractivity contribution in [2.45, 2.75) is 26.7 Å². The molecule has 0 saturated carbocycles. The molecule has 1 heterocycles. The first-order chi connectivity index (χ1) is 10.5. The van der Waals surface area contributed by atoms with E-state index in [-0.39, 0.29) is 13.2 Å². The van der Waals surface area contributed by atoms with Crippen LogP contribution in [0.3, 0.4) is 0 Å². The van der Waals surface area contributed by atoms with Crippen LogP contribution >= 0.6 is 11.6 Å². The SMILES string of the molecule is CCOC(=O)C(C(=O)OCC)c1[nH]c2ccc(Cl)cc2c1C. The normalized spacial score (nSPS) is 11.0. The minimum Gasteiger partial charge on any atom is -0.465 e. The number of esters is 2. The lowest BCUT2D eigenvalue weighted by molar-refractivity contribution is -0.157. The molecule has 2 rings (SSSR count). The van der Waals surface area contributed by atoms with Crippen LogP contribution in [0.4, 0.5) is 0 Å². The molecule has 0 saturated heterocycles. The zero-order valence-corrected chi connectivity index (χ0v) is 13.5. The molecule has 0 bridgehead atoms. The quantitative estimate of drug-likeness (QED) is 0.677. The Balaban J connectivity index is 2.53. The summed E-state index contributed by atoms with van der Waals surface area (Å²) in [5.74, 6) is -2.37. The standard InChI is InChI=1S/C16H18ClNO4/c1-4-21-15(19)13(16(20)22-5-2)14-9(3)11-8-10(17)6-7-12(11)18-14/h6-8,13,18H,4-5H2,1-3H3. The minimum atomic E-state index is -1.12. The zero-order valence-electron chi connectivity index (χ0n) is 12.7.